The van der Waals surface area contributed by atoms with E-state index in [0.29, 0.717) is 5.69 Å². The molecule has 0 radical (unpaired) electrons. The van der Waals surface area contributed by atoms with Crippen molar-refractivity contribution in [2.75, 3.05) is 5.32 Å². The number of para-hydroxylation sites is 1. The van der Waals surface area contributed by atoms with E-state index in [1.54, 1.807) is 12.1 Å². The Morgan fingerprint density at radius 3 is 2.68 bits per heavy atom. The van der Waals surface area contributed by atoms with Gasteiger partial charge >= 0.3 is 0 Å². The average Bonchev–Trinajstić information content (AvgIpc) is 3.05. The van der Waals surface area contributed by atoms with Gasteiger partial charge in [-0.15, -0.1) is 11.3 Å². The summed E-state index contributed by atoms with van der Waals surface area (Å²) in [5, 5.41) is 5.67. The Hall–Kier alpha value is -2.53. The predicted octanol–water partition coefficient (Wildman–Crippen LogP) is 5.00. The van der Waals surface area contributed by atoms with Gasteiger partial charge in [0.25, 0.3) is 0 Å². The van der Waals surface area contributed by atoms with Crippen molar-refractivity contribution in [1.29, 1.82) is 0 Å². The summed E-state index contributed by atoms with van der Waals surface area (Å²) in [6, 6.07) is 12.2. The van der Waals surface area contributed by atoms with Crippen LogP contribution in [0, 0.1) is 12.7 Å². The quantitative estimate of drug-likeness (QED) is 0.700. The molecule has 25 heavy (non-hydrogen) atoms. The first kappa shape index (κ1) is 17.3. The van der Waals surface area contributed by atoms with Gasteiger partial charge < -0.3 is 5.32 Å². The number of hydrogen-bond donors (Lipinski definition) is 1. The molecule has 5 heteroatoms. The zero-order valence-electron chi connectivity index (χ0n) is 14.2. The smallest absolute Gasteiger partial charge is 0.230 e. The van der Waals surface area contributed by atoms with Crippen LogP contribution in [0.5, 0.6) is 0 Å². The number of nitrogens with zero attached hydrogens (tertiary/aromatic N) is 1. The number of halogens is 1. The number of nitrogens with one attached hydrogen (secondary N) is 1. The van der Waals surface area contributed by atoms with Crippen molar-refractivity contribution >= 4 is 22.9 Å². The molecule has 1 amide bonds. The standard InChI is InChI=1S/C20H19FN2OS/c1-3-14-6-4-5-13(2)19(14)23-18(24)11-17-12-25-20(22-17)15-7-9-16(21)10-8-15/h4-10,12H,3,11H2,1-2H3,(H,23,24). The second kappa shape index (κ2) is 7.57. The fourth-order valence-corrected chi connectivity index (χ4v) is 3.49. The minimum absolute atomic E-state index is 0.0834. The van der Waals surface area contributed by atoms with E-state index >= 15 is 0 Å². The van der Waals surface area contributed by atoms with E-state index in [-0.39, 0.29) is 18.1 Å². The van der Waals surface area contributed by atoms with Gasteiger partial charge in [0, 0.05) is 16.6 Å². The molecule has 3 rings (SSSR count). The highest BCUT2D eigenvalue weighted by atomic mass is 32.1. The van der Waals surface area contributed by atoms with Crippen LogP contribution in [0.3, 0.4) is 0 Å². The number of benzene rings is 2. The van der Waals surface area contributed by atoms with E-state index in [1.807, 2.05) is 30.5 Å². The molecule has 0 saturated heterocycles. The molecule has 0 aliphatic rings. The number of hydrogen-bond acceptors (Lipinski definition) is 3. The van der Waals surface area contributed by atoms with Crippen LogP contribution in [0.2, 0.25) is 0 Å². The Bertz CT molecular complexity index is 887. The number of carbonyl (C=O) groups is 1. The Labute approximate surface area is 150 Å². The SMILES string of the molecule is CCc1cccc(C)c1NC(=O)Cc1csc(-c2ccc(F)cc2)n1. The third-order valence-corrected chi connectivity index (χ3v) is 4.93. The van der Waals surface area contributed by atoms with Crippen LogP contribution in [0.4, 0.5) is 10.1 Å². The highest BCUT2D eigenvalue weighted by Gasteiger charge is 2.12. The highest BCUT2D eigenvalue weighted by Crippen LogP contribution is 2.25. The largest absolute Gasteiger partial charge is 0.325 e. The van der Waals surface area contributed by atoms with Crippen molar-refractivity contribution in [1.82, 2.24) is 4.98 Å². The van der Waals surface area contributed by atoms with Crippen LogP contribution in [0.1, 0.15) is 23.7 Å². The van der Waals surface area contributed by atoms with Crippen molar-refractivity contribution in [3.8, 4) is 10.6 Å². The molecule has 128 valence electrons. The van der Waals surface area contributed by atoms with Crippen LogP contribution < -0.4 is 5.32 Å². The van der Waals surface area contributed by atoms with Gasteiger partial charge in [-0.1, -0.05) is 25.1 Å². The fourth-order valence-electron chi connectivity index (χ4n) is 2.66. The van der Waals surface area contributed by atoms with Gasteiger partial charge in [0.1, 0.15) is 10.8 Å². The zero-order chi connectivity index (χ0) is 17.8. The molecule has 3 nitrogen and oxygen atoms in total. The predicted molar refractivity (Wildman–Crippen MR) is 100 cm³/mol. The fraction of sp³-hybridized carbons (Fsp3) is 0.200. The van der Waals surface area contributed by atoms with E-state index in [2.05, 4.69) is 17.2 Å². The lowest BCUT2D eigenvalue weighted by molar-refractivity contribution is -0.115. The first-order valence-corrected chi connectivity index (χ1v) is 9.03. The minimum Gasteiger partial charge on any atom is -0.325 e. The van der Waals surface area contributed by atoms with E-state index in [0.717, 1.165) is 33.8 Å². The van der Waals surface area contributed by atoms with Gasteiger partial charge in [0.2, 0.25) is 5.91 Å². The maximum absolute atomic E-state index is 13.0. The normalized spacial score (nSPS) is 10.7. The van der Waals surface area contributed by atoms with E-state index in [1.165, 1.54) is 23.5 Å². The maximum Gasteiger partial charge on any atom is 0.230 e. The number of rotatable bonds is 5. The Kier molecular flexibility index (Phi) is 5.24. The molecule has 2 aromatic carbocycles. The Morgan fingerprint density at radius 1 is 1.20 bits per heavy atom. The second-order valence-electron chi connectivity index (χ2n) is 5.84. The number of anilines is 1. The molecular weight excluding hydrogens is 335 g/mol. The average molecular weight is 354 g/mol. The van der Waals surface area contributed by atoms with Crippen LogP contribution in [0.15, 0.2) is 47.8 Å². The van der Waals surface area contributed by atoms with Gasteiger partial charge in [-0.2, -0.15) is 0 Å². The third-order valence-electron chi connectivity index (χ3n) is 3.99. The summed E-state index contributed by atoms with van der Waals surface area (Å²) < 4.78 is 13.0. The van der Waals surface area contributed by atoms with Gasteiger partial charge in [-0.3, -0.25) is 4.79 Å². The zero-order valence-corrected chi connectivity index (χ0v) is 15.0. The molecule has 0 atom stereocenters. The number of aromatic nitrogens is 1. The van der Waals surface area contributed by atoms with Gasteiger partial charge in [0.15, 0.2) is 0 Å². The van der Waals surface area contributed by atoms with Gasteiger partial charge in [0.05, 0.1) is 12.1 Å². The highest BCUT2D eigenvalue weighted by molar-refractivity contribution is 7.13. The monoisotopic (exact) mass is 354 g/mol. The van der Waals surface area contributed by atoms with E-state index in [4.69, 9.17) is 0 Å². The van der Waals surface area contributed by atoms with E-state index in [9.17, 15) is 9.18 Å². The summed E-state index contributed by atoms with van der Waals surface area (Å²) >= 11 is 1.45. The molecule has 0 saturated carbocycles. The molecule has 0 fully saturated rings. The molecule has 0 bridgehead atoms. The molecule has 3 aromatic rings. The molecule has 0 spiro atoms. The Morgan fingerprint density at radius 2 is 1.96 bits per heavy atom. The third kappa shape index (κ3) is 4.12. The Balaban J connectivity index is 1.71. The number of amides is 1. The van der Waals surface area contributed by atoms with E-state index < -0.39 is 0 Å². The molecule has 1 N–H and O–H groups in total. The molecular formula is C20H19FN2OS. The van der Waals surface area contributed by atoms with Crippen LogP contribution in [-0.4, -0.2) is 10.9 Å². The van der Waals surface area contributed by atoms with Crippen molar-refractivity contribution in [3.05, 3.63) is 70.5 Å². The van der Waals surface area contributed by atoms with Crippen LogP contribution in [-0.2, 0) is 17.6 Å². The molecule has 1 aromatic heterocycles. The molecule has 1 heterocycles. The topological polar surface area (TPSA) is 42.0 Å². The summed E-state index contributed by atoms with van der Waals surface area (Å²) in [6.07, 6.45) is 1.08. The summed E-state index contributed by atoms with van der Waals surface area (Å²) in [4.78, 5) is 16.9. The van der Waals surface area contributed by atoms with Crippen molar-refractivity contribution in [2.24, 2.45) is 0 Å². The minimum atomic E-state index is -0.273. The maximum atomic E-state index is 13.0. The van der Waals surface area contributed by atoms with Gasteiger partial charge in [-0.05, 0) is 48.7 Å². The number of aryl methyl sites for hydroxylation is 2. The van der Waals surface area contributed by atoms with Gasteiger partial charge in [-0.25, -0.2) is 9.37 Å². The lowest BCUT2D eigenvalue weighted by Crippen LogP contribution is -2.16. The molecule has 0 aliphatic heterocycles. The second-order valence-corrected chi connectivity index (χ2v) is 6.70. The molecule has 0 aliphatic carbocycles. The first-order valence-electron chi connectivity index (χ1n) is 8.15. The number of thiazole rings is 1. The summed E-state index contributed by atoms with van der Waals surface area (Å²) in [5.74, 6) is -0.357. The summed E-state index contributed by atoms with van der Waals surface area (Å²) in [6.45, 7) is 4.06. The number of carbonyl (C=O) groups excluding carboxylic acids is 1. The first-order chi connectivity index (χ1) is 12.1. The summed E-state index contributed by atoms with van der Waals surface area (Å²) in [5.41, 5.74) is 4.64. The summed E-state index contributed by atoms with van der Waals surface area (Å²) in [7, 11) is 0. The molecule has 0 unspecified atom stereocenters. The lowest BCUT2D eigenvalue weighted by atomic mass is 10.1. The van der Waals surface area contributed by atoms with Crippen LogP contribution >= 0.6 is 11.3 Å². The lowest BCUT2D eigenvalue weighted by Gasteiger charge is -2.12. The van der Waals surface area contributed by atoms with Crippen molar-refractivity contribution < 1.29 is 9.18 Å². The van der Waals surface area contributed by atoms with Crippen LogP contribution in [0.25, 0.3) is 10.6 Å². The van der Waals surface area contributed by atoms with Crippen molar-refractivity contribution in [2.45, 2.75) is 26.7 Å². The van der Waals surface area contributed by atoms with Crippen molar-refractivity contribution in [3.63, 3.8) is 0 Å².